The van der Waals surface area contributed by atoms with Crippen molar-refractivity contribution in [1.82, 2.24) is 19.8 Å². The standard InChI is InChI=1S/C19H20N6O3/c1-12-17(13(2)28-22-12)10-24-9-16(7-21-24)25-18(26)11-23(19(25)27)8-14-4-3-5-15(20)6-14/h3-7,9H,8,10-11,20H2,1-2H3. The fourth-order valence-corrected chi connectivity index (χ4v) is 3.28. The first-order valence-corrected chi connectivity index (χ1v) is 8.83. The highest BCUT2D eigenvalue weighted by molar-refractivity contribution is 6.19. The second kappa shape index (κ2) is 6.84. The Labute approximate surface area is 161 Å². The van der Waals surface area contributed by atoms with Crippen LogP contribution in [0.2, 0.25) is 0 Å². The fraction of sp³-hybridized carbons (Fsp3) is 0.263. The molecule has 0 aliphatic carbocycles. The molecule has 3 amide bonds. The highest BCUT2D eigenvalue weighted by Gasteiger charge is 2.37. The van der Waals surface area contributed by atoms with Gasteiger partial charge in [0.15, 0.2) is 0 Å². The third-order valence-electron chi connectivity index (χ3n) is 4.74. The van der Waals surface area contributed by atoms with Gasteiger partial charge in [0, 0.05) is 24.0 Å². The van der Waals surface area contributed by atoms with Crippen LogP contribution in [0.3, 0.4) is 0 Å². The lowest BCUT2D eigenvalue weighted by Gasteiger charge is -2.16. The summed E-state index contributed by atoms with van der Waals surface area (Å²) < 4.78 is 6.82. The number of nitrogens with two attached hydrogens (primary N) is 1. The van der Waals surface area contributed by atoms with Crippen molar-refractivity contribution < 1.29 is 14.1 Å². The van der Waals surface area contributed by atoms with Crippen LogP contribution in [0.25, 0.3) is 0 Å². The molecule has 1 fully saturated rings. The van der Waals surface area contributed by atoms with Gasteiger partial charge in [-0.1, -0.05) is 17.3 Å². The first kappa shape index (κ1) is 17.8. The largest absolute Gasteiger partial charge is 0.399 e. The Morgan fingerprint density at radius 1 is 1.21 bits per heavy atom. The van der Waals surface area contributed by atoms with Gasteiger partial charge in [0.2, 0.25) is 0 Å². The van der Waals surface area contributed by atoms with Crippen LogP contribution >= 0.6 is 0 Å². The molecule has 1 aliphatic heterocycles. The van der Waals surface area contributed by atoms with Gasteiger partial charge in [-0.3, -0.25) is 9.48 Å². The number of rotatable bonds is 5. The van der Waals surface area contributed by atoms with Gasteiger partial charge in [-0.15, -0.1) is 0 Å². The van der Waals surface area contributed by atoms with Crippen LogP contribution in [0, 0.1) is 13.8 Å². The van der Waals surface area contributed by atoms with Crippen molar-refractivity contribution in [3.8, 4) is 0 Å². The Bertz CT molecular complexity index is 1030. The molecule has 0 bridgehead atoms. The predicted octanol–water partition coefficient (Wildman–Crippen LogP) is 2.09. The molecule has 0 spiro atoms. The van der Waals surface area contributed by atoms with E-state index in [9.17, 15) is 9.59 Å². The van der Waals surface area contributed by atoms with Crippen LogP contribution in [0.15, 0.2) is 41.2 Å². The number of carbonyl (C=O) groups is 2. The molecule has 3 aromatic rings. The summed E-state index contributed by atoms with van der Waals surface area (Å²) >= 11 is 0. The molecule has 4 rings (SSSR count). The van der Waals surface area contributed by atoms with E-state index in [4.69, 9.17) is 10.3 Å². The molecule has 28 heavy (non-hydrogen) atoms. The number of aryl methyl sites for hydroxylation is 2. The summed E-state index contributed by atoms with van der Waals surface area (Å²) in [5.74, 6) is 0.432. The lowest BCUT2D eigenvalue weighted by Crippen LogP contribution is -2.32. The zero-order valence-electron chi connectivity index (χ0n) is 15.6. The zero-order chi connectivity index (χ0) is 19.8. The summed E-state index contributed by atoms with van der Waals surface area (Å²) in [7, 11) is 0. The van der Waals surface area contributed by atoms with Gasteiger partial charge >= 0.3 is 6.03 Å². The first-order chi connectivity index (χ1) is 13.4. The molecule has 0 saturated carbocycles. The summed E-state index contributed by atoms with van der Waals surface area (Å²) in [5, 5.41) is 8.20. The minimum atomic E-state index is -0.371. The van der Waals surface area contributed by atoms with Crippen LogP contribution in [0.1, 0.15) is 22.6 Å². The van der Waals surface area contributed by atoms with Crippen molar-refractivity contribution in [3.05, 3.63) is 59.2 Å². The molecule has 0 unspecified atom stereocenters. The second-order valence-electron chi connectivity index (χ2n) is 6.81. The maximum absolute atomic E-state index is 12.8. The number of aromatic nitrogens is 3. The lowest BCUT2D eigenvalue weighted by molar-refractivity contribution is -0.116. The Balaban J connectivity index is 1.51. The molecule has 1 saturated heterocycles. The van der Waals surface area contributed by atoms with Gasteiger partial charge in [0.25, 0.3) is 5.91 Å². The minimum absolute atomic E-state index is 0.0165. The molecule has 0 atom stereocenters. The van der Waals surface area contributed by atoms with E-state index in [1.807, 2.05) is 26.0 Å². The van der Waals surface area contributed by atoms with E-state index in [1.54, 1.807) is 23.0 Å². The van der Waals surface area contributed by atoms with Gasteiger partial charge in [-0.25, -0.2) is 9.69 Å². The third kappa shape index (κ3) is 3.22. The molecule has 1 aromatic carbocycles. The predicted molar refractivity (Wildman–Crippen MR) is 101 cm³/mol. The lowest BCUT2D eigenvalue weighted by atomic mass is 10.2. The maximum Gasteiger partial charge on any atom is 0.332 e. The molecule has 3 heterocycles. The second-order valence-corrected chi connectivity index (χ2v) is 6.81. The van der Waals surface area contributed by atoms with Crippen LogP contribution in [0.4, 0.5) is 16.2 Å². The highest BCUT2D eigenvalue weighted by Crippen LogP contribution is 2.23. The molecule has 2 N–H and O–H groups in total. The summed E-state index contributed by atoms with van der Waals surface area (Å²) in [5.41, 5.74) is 9.44. The number of anilines is 2. The normalized spacial score (nSPS) is 14.4. The summed E-state index contributed by atoms with van der Waals surface area (Å²) in [6.45, 7) is 4.48. The monoisotopic (exact) mass is 380 g/mol. The average molecular weight is 380 g/mol. The Morgan fingerprint density at radius 3 is 2.75 bits per heavy atom. The van der Waals surface area contributed by atoms with Crippen molar-refractivity contribution in [3.63, 3.8) is 0 Å². The van der Waals surface area contributed by atoms with E-state index < -0.39 is 0 Å². The number of hydrogen-bond acceptors (Lipinski definition) is 6. The Kier molecular flexibility index (Phi) is 4.34. The van der Waals surface area contributed by atoms with Crippen molar-refractivity contribution >= 4 is 23.3 Å². The van der Waals surface area contributed by atoms with E-state index in [0.29, 0.717) is 24.5 Å². The minimum Gasteiger partial charge on any atom is -0.399 e. The van der Waals surface area contributed by atoms with Crippen molar-refractivity contribution in [2.45, 2.75) is 26.9 Å². The molecule has 0 radical (unpaired) electrons. The van der Waals surface area contributed by atoms with Crippen molar-refractivity contribution in [2.75, 3.05) is 17.2 Å². The first-order valence-electron chi connectivity index (χ1n) is 8.83. The quantitative estimate of drug-likeness (QED) is 0.536. The summed E-state index contributed by atoms with van der Waals surface area (Å²) in [4.78, 5) is 27.9. The maximum atomic E-state index is 12.8. The number of nitrogen functional groups attached to an aromatic ring is 1. The number of imide groups is 1. The molecular formula is C19H20N6O3. The Morgan fingerprint density at radius 2 is 2.04 bits per heavy atom. The number of hydrogen-bond donors (Lipinski definition) is 1. The summed E-state index contributed by atoms with van der Waals surface area (Å²) in [6.07, 6.45) is 3.18. The highest BCUT2D eigenvalue weighted by atomic mass is 16.5. The number of carbonyl (C=O) groups excluding carboxylic acids is 2. The van der Waals surface area contributed by atoms with Crippen LogP contribution < -0.4 is 10.6 Å². The van der Waals surface area contributed by atoms with Crippen molar-refractivity contribution in [1.29, 1.82) is 0 Å². The van der Waals surface area contributed by atoms with Gasteiger partial charge in [-0.05, 0) is 31.5 Å². The third-order valence-corrected chi connectivity index (χ3v) is 4.74. The van der Waals surface area contributed by atoms with E-state index >= 15 is 0 Å². The number of amides is 3. The van der Waals surface area contributed by atoms with Gasteiger partial charge < -0.3 is 15.2 Å². The molecule has 9 heteroatoms. The topological polar surface area (TPSA) is 110 Å². The van der Waals surface area contributed by atoms with Crippen LogP contribution in [0.5, 0.6) is 0 Å². The van der Waals surface area contributed by atoms with Gasteiger partial charge in [-0.2, -0.15) is 5.10 Å². The fourth-order valence-electron chi connectivity index (χ4n) is 3.28. The SMILES string of the molecule is Cc1noc(C)c1Cn1cc(N2C(=O)CN(Cc3cccc(N)c3)C2=O)cn1. The van der Waals surface area contributed by atoms with E-state index in [2.05, 4.69) is 10.3 Å². The summed E-state index contributed by atoms with van der Waals surface area (Å²) in [6, 6.07) is 6.90. The number of urea groups is 1. The number of nitrogens with zero attached hydrogens (tertiary/aromatic N) is 5. The molecule has 2 aromatic heterocycles. The van der Waals surface area contributed by atoms with E-state index in [1.165, 1.54) is 11.1 Å². The van der Waals surface area contributed by atoms with E-state index in [-0.39, 0.29) is 18.5 Å². The van der Waals surface area contributed by atoms with Crippen molar-refractivity contribution in [2.24, 2.45) is 0 Å². The van der Waals surface area contributed by atoms with Crippen LogP contribution in [-0.2, 0) is 17.9 Å². The average Bonchev–Trinajstić information content (AvgIpc) is 3.30. The van der Waals surface area contributed by atoms with Gasteiger partial charge in [0.05, 0.1) is 24.1 Å². The van der Waals surface area contributed by atoms with E-state index in [0.717, 1.165) is 27.5 Å². The van der Waals surface area contributed by atoms with Crippen LogP contribution in [-0.4, -0.2) is 38.3 Å². The zero-order valence-corrected chi connectivity index (χ0v) is 15.6. The Hall–Kier alpha value is -3.62. The molecular weight excluding hydrogens is 360 g/mol. The van der Waals surface area contributed by atoms with Gasteiger partial charge in [0.1, 0.15) is 12.3 Å². The molecule has 144 valence electrons. The molecule has 1 aliphatic rings. The smallest absolute Gasteiger partial charge is 0.332 e. The number of benzene rings is 1. The molecule has 9 nitrogen and oxygen atoms in total.